The molecule has 1 aliphatic heterocycles. The van der Waals surface area contributed by atoms with Gasteiger partial charge in [0.25, 0.3) is 0 Å². The smallest absolute Gasteiger partial charge is 0.331 e. The number of ether oxygens (including phenoxy) is 1. The largest absolute Gasteiger partial charge is 0.508 e. The first-order chi connectivity index (χ1) is 13.9. The highest BCUT2D eigenvalue weighted by molar-refractivity contribution is 5.87. The molecule has 0 bridgehead atoms. The van der Waals surface area contributed by atoms with Gasteiger partial charge in [-0.1, -0.05) is 59.5 Å². The summed E-state index contributed by atoms with van der Waals surface area (Å²) in [5.74, 6) is -0.00506. The van der Waals surface area contributed by atoms with Crippen molar-refractivity contribution in [1.29, 1.82) is 0 Å². The van der Waals surface area contributed by atoms with E-state index in [1.54, 1.807) is 0 Å². The summed E-state index contributed by atoms with van der Waals surface area (Å²) in [5.41, 5.74) is 1.47. The fourth-order valence-electron chi connectivity index (χ4n) is 5.23. The summed E-state index contributed by atoms with van der Waals surface area (Å²) >= 11 is 0. The minimum absolute atomic E-state index is 0.0623. The molecule has 2 aliphatic rings. The van der Waals surface area contributed by atoms with Gasteiger partial charge in [-0.05, 0) is 56.2 Å². The lowest BCUT2D eigenvalue weighted by Crippen LogP contribution is -2.53. The van der Waals surface area contributed by atoms with Crippen LogP contribution in [0.4, 0.5) is 0 Å². The fraction of sp³-hybridized carbons (Fsp3) is 0.654. The summed E-state index contributed by atoms with van der Waals surface area (Å²) in [6.07, 6.45) is 8.79. The summed E-state index contributed by atoms with van der Waals surface area (Å²) in [6.45, 7) is 13.0. The number of carbonyl (C=O) groups is 1. The van der Waals surface area contributed by atoms with E-state index in [0.717, 1.165) is 17.5 Å². The number of allylic oxidation sites excluding steroid dienone is 1. The summed E-state index contributed by atoms with van der Waals surface area (Å²) in [4.78, 5) is 11.7. The van der Waals surface area contributed by atoms with E-state index >= 15 is 0 Å². The Kier molecular flexibility index (Phi) is 6.01. The Hall–Kier alpha value is -1.97. The predicted octanol–water partition coefficient (Wildman–Crippen LogP) is 6.71. The molecule has 0 amide bonds. The van der Waals surface area contributed by atoms with Crippen LogP contribution in [0.15, 0.2) is 23.8 Å². The van der Waals surface area contributed by atoms with Crippen molar-refractivity contribution in [3.8, 4) is 11.5 Å². The Labute approximate surface area is 181 Å². The molecule has 0 spiro atoms. The maximum absolute atomic E-state index is 11.7. The van der Waals surface area contributed by atoms with Gasteiger partial charge in [-0.2, -0.15) is 0 Å². The van der Waals surface area contributed by atoms with Crippen molar-refractivity contribution in [3.05, 3.63) is 34.9 Å². The van der Waals surface area contributed by atoms with Gasteiger partial charge in [-0.25, -0.2) is 4.79 Å². The Morgan fingerprint density at radius 3 is 2.53 bits per heavy atom. The minimum atomic E-state index is -0.868. The van der Waals surface area contributed by atoms with Gasteiger partial charge in [-0.3, -0.25) is 0 Å². The molecule has 166 valence electrons. The first kappa shape index (κ1) is 22.7. The number of carboxylic acid groups (broad SMARTS) is 1. The minimum Gasteiger partial charge on any atom is -0.508 e. The lowest BCUT2D eigenvalue weighted by atomic mass is 9.56. The van der Waals surface area contributed by atoms with Crippen LogP contribution in [0.3, 0.4) is 0 Å². The van der Waals surface area contributed by atoms with Crippen LogP contribution in [0.25, 0.3) is 0 Å². The second kappa shape index (κ2) is 7.94. The van der Waals surface area contributed by atoms with Crippen molar-refractivity contribution in [2.24, 2.45) is 5.41 Å². The summed E-state index contributed by atoms with van der Waals surface area (Å²) < 4.78 is 6.51. The number of carboxylic acids is 1. The number of hydrogen-bond acceptors (Lipinski definition) is 3. The van der Waals surface area contributed by atoms with Crippen molar-refractivity contribution in [1.82, 2.24) is 0 Å². The van der Waals surface area contributed by atoms with Crippen LogP contribution in [-0.2, 0) is 10.2 Å². The number of benzene rings is 1. The van der Waals surface area contributed by atoms with Gasteiger partial charge in [0.05, 0.1) is 0 Å². The third-order valence-electron chi connectivity index (χ3n) is 7.89. The summed E-state index contributed by atoms with van der Waals surface area (Å²) in [6, 6.07) is 3.98. The van der Waals surface area contributed by atoms with Crippen molar-refractivity contribution in [3.63, 3.8) is 0 Å². The molecule has 0 fully saturated rings. The second-order valence-corrected chi connectivity index (χ2v) is 10.6. The van der Waals surface area contributed by atoms with Crippen LogP contribution in [0.5, 0.6) is 11.5 Å². The van der Waals surface area contributed by atoms with Crippen LogP contribution in [0, 0.1) is 5.41 Å². The molecule has 2 N–H and O–H groups in total. The Morgan fingerprint density at radius 2 is 1.90 bits per heavy atom. The van der Waals surface area contributed by atoms with Gasteiger partial charge in [0, 0.05) is 22.5 Å². The Balaban J connectivity index is 2.01. The van der Waals surface area contributed by atoms with E-state index < -0.39 is 11.6 Å². The van der Waals surface area contributed by atoms with Gasteiger partial charge in [0.1, 0.15) is 17.1 Å². The number of aliphatic carboxylic acids is 1. The van der Waals surface area contributed by atoms with Crippen molar-refractivity contribution in [2.75, 3.05) is 0 Å². The summed E-state index contributed by atoms with van der Waals surface area (Å²) in [7, 11) is 0. The monoisotopic (exact) mass is 414 g/mol. The third-order valence-corrected chi connectivity index (χ3v) is 7.89. The molecular weight excluding hydrogens is 376 g/mol. The van der Waals surface area contributed by atoms with E-state index in [4.69, 9.17) is 4.74 Å². The molecule has 3 rings (SSSR count). The van der Waals surface area contributed by atoms with Crippen molar-refractivity contribution < 1.29 is 19.7 Å². The standard InChI is InChI=1S/C26H38O4/c1-7-8-9-10-12-24(2,3)18-15-20(27)22-19-14-17(23(28)29)11-13-26(19,6)25(4,5)30-21(22)16-18/h11,15-16,19,27H,7-10,12-14H2,1-6H3,(H,28,29)/t19?,26-/m1/s1. The van der Waals surface area contributed by atoms with E-state index in [9.17, 15) is 15.0 Å². The first-order valence-corrected chi connectivity index (χ1v) is 11.4. The molecule has 0 saturated carbocycles. The number of fused-ring (bicyclic) bond motifs is 3. The Morgan fingerprint density at radius 1 is 1.20 bits per heavy atom. The first-order valence-electron chi connectivity index (χ1n) is 11.4. The molecule has 1 aromatic carbocycles. The van der Waals surface area contributed by atoms with E-state index in [2.05, 4.69) is 47.6 Å². The van der Waals surface area contributed by atoms with Crippen molar-refractivity contribution >= 4 is 5.97 Å². The number of unbranched alkanes of at least 4 members (excludes halogenated alkanes) is 3. The second-order valence-electron chi connectivity index (χ2n) is 10.6. The van der Waals surface area contributed by atoms with E-state index in [-0.39, 0.29) is 22.5 Å². The molecule has 2 atom stereocenters. The molecule has 30 heavy (non-hydrogen) atoms. The molecule has 0 saturated heterocycles. The molecular formula is C26H38O4. The van der Waals surface area contributed by atoms with Crippen LogP contribution >= 0.6 is 0 Å². The number of phenols is 1. The molecule has 4 heteroatoms. The maximum Gasteiger partial charge on any atom is 0.331 e. The molecule has 0 aromatic heterocycles. The number of hydrogen-bond donors (Lipinski definition) is 2. The molecule has 1 unspecified atom stereocenters. The normalized spacial score (nSPS) is 25.0. The van der Waals surface area contributed by atoms with E-state index in [1.165, 1.54) is 25.7 Å². The number of phenolic OH excluding ortho intramolecular Hbond substituents is 1. The Bertz CT molecular complexity index is 849. The highest BCUT2D eigenvalue weighted by Crippen LogP contribution is 2.61. The highest BCUT2D eigenvalue weighted by atomic mass is 16.5. The average Bonchev–Trinajstić information content (AvgIpc) is 2.64. The lowest BCUT2D eigenvalue weighted by Gasteiger charge is -2.54. The van der Waals surface area contributed by atoms with Crippen molar-refractivity contribution in [2.45, 2.75) is 103 Å². The van der Waals surface area contributed by atoms with Gasteiger partial charge in [-0.15, -0.1) is 0 Å². The number of aromatic hydroxyl groups is 1. The average molecular weight is 415 g/mol. The van der Waals surface area contributed by atoms with Gasteiger partial charge < -0.3 is 14.9 Å². The van der Waals surface area contributed by atoms with Crippen LogP contribution < -0.4 is 4.74 Å². The fourth-order valence-corrected chi connectivity index (χ4v) is 5.23. The lowest BCUT2D eigenvalue weighted by molar-refractivity contribution is -0.133. The van der Waals surface area contributed by atoms with Gasteiger partial charge in [0.2, 0.25) is 0 Å². The van der Waals surface area contributed by atoms with Crippen LogP contribution in [0.1, 0.15) is 104 Å². The zero-order valence-corrected chi connectivity index (χ0v) is 19.5. The highest BCUT2D eigenvalue weighted by Gasteiger charge is 2.55. The zero-order valence-electron chi connectivity index (χ0n) is 19.5. The van der Waals surface area contributed by atoms with E-state index in [0.29, 0.717) is 24.2 Å². The topological polar surface area (TPSA) is 66.8 Å². The SMILES string of the molecule is CCCCCCC(C)(C)c1cc(O)c2c(c1)OC(C)(C)[C@]1(C)CC=C(C(=O)O)CC21. The van der Waals surface area contributed by atoms with Crippen LogP contribution in [0.2, 0.25) is 0 Å². The molecule has 0 radical (unpaired) electrons. The van der Waals surface area contributed by atoms with Gasteiger partial charge in [0.15, 0.2) is 0 Å². The third kappa shape index (κ3) is 3.86. The molecule has 1 aromatic rings. The molecule has 1 aliphatic carbocycles. The zero-order chi connectivity index (χ0) is 22.3. The van der Waals surface area contributed by atoms with E-state index in [1.807, 2.05) is 12.1 Å². The maximum atomic E-state index is 11.7. The van der Waals surface area contributed by atoms with Crippen LogP contribution in [-0.4, -0.2) is 21.8 Å². The quantitative estimate of drug-likeness (QED) is 0.487. The predicted molar refractivity (Wildman–Crippen MR) is 120 cm³/mol. The summed E-state index contributed by atoms with van der Waals surface area (Å²) in [5, 5.41) is 20.7. The number of rotatable bonds is 7. The molecule has 4 nitrogen and oxygen atoms in total. The van der Waals surface area contributed by atoms with Gasteiger partial charge >= 0.3 is 5.97 Å². The molecule has 1 heterocycles.